The van der Waals surface area contributed by atoms with Crippen LogP contribution in [0.2, 0.25) is 0 Å². The van der Waals surface area contributed by atoms with Gasteiger partial charge in [-0.15, -0.1) is 0 Å². The maximum absolute atomic E-state index is 3.70. The van der Waals surface area contributed by atoms with Gasteiger partial charge in [0, 0.05) is 6.04 Å². The van der Waals surface area contributed by atoms with E-state index in [0.29, 0.717) is 6.04 Å². The summed E-state index contributed by atoms with van der Waals surface area (Å²) in [6.45, 7) is 7.70. The number of aryl methyl sites for hydroxylation is 2. The van der Waals surface area contributed by atoms with Gasteiger partial charge in [-0.1, -0.05) is 36.2 Å². The van der Waals surface area contributed by atoms with Crippen LogP contribution in [0.15, 0.2) is 18.2 Å². The van der Waals surface area contributed by atoms with E-state index in [0.717, 1.165) is 12.5 Å². The monoisotopic (exact) mass is 263 g/mol. The number of thioether (sulfide) groups is 1. The zero-order valence-electron chi connectivity index (χ0n) is 11.8. The Kier molecular flexibility index (Phi) is 5.13. The minimum absolute atomic E-state index is 0.659. The normalized spacial score (nSPS) is 21.2. The van der Waals surface area contributed by atoms with Crippen LogP contribution in [-0.4, -0.2) is 24.1 Å². The number of likely N-dealkylation sites (N-methyl/N-ethyl adjacent to an activating group) is 1. The highest BCUT2D eigenvalue weighted by atomic mass is 32.2. The van der Waals surface area contributed by atoms with Crippen LogP contribution in [0.5, 0.6) is 0 Å². The molecule has 1 N–H and O–H groups in total. The zero-order valence-corrected chi connectivity index (χ0v) is 12.6. The highest BCUT2D eigenvalue weighted by molar-refractivity contribution is 7.99. The third-order valence-electron chi connectivity index (χ3n) is 3.74. The average molecular weight is 263 g/mol. The predicted octanol–water partition coefficient (Wildman–Crippen LogP) is 3.58. The Balaban J connectivity index is 2.07. The fourth-order valence-corrected chi connectivity index (χ4v) is 4.32. The van der Waals surface area contributed by atoms with Crippen molar-refractivity contribution in [2.24, 2.45) is 5.92 Å². The summed E-state index contributed by atoms with van der Waals surface area (Å²) in [4.78, 5) is 0. The first kappa shape index (κ1) is 14.0. The summed E-state index contributed by atoms with van der Waals surface area (Å²) in [5, 5.41) is 3.70. The maximum atomic E-state index is 3.70. The standard InChI is InChI=1S/C16H25NS/c1-4-17-16(15-5-6-18-11-15)10-14-8-12(2)7-13(3)9-14/h7-9,15-17H,4-6,10-11H2,1-3H3. The Morgan fingerprint density at radius 3 is 2.56 bits per heavy atom. The molecule has 0 radical (unpaired) electrons. The van der Waals surface area contributed by atoms with Gasteiger partial charge in [-0.05, 0) is 56.2 Å². The molecule has 1 nitrogen and oxygen atoms in total. The van der Waals surface area contributed by atoms with E-state index in [9.17, 15) is 0 Å². The van der Waals surface area contributed by atoms with Gasteiger partial charge in [-0.25, -0.2) is 0 Å². The number of hydrogen-bond donors (Lipinski definition) is 1. The van der Waals surface area contributed by atoms with Crippen LogP contribution in [0.1, 0.15) is 30.0 Å². The van der Waals surface area contributed by atoms with Gasteiger partial charge < -0.3 is 5.32 Å². The van der Waals surface area contributed by atoms with Crippen molar-refractivity contribution in [2.45, 2.75) is 39.7 Å². The summed E-state index contributed by atoms with van der Waals surface area (Å²) < 4.78 is 0. The van der Waals surface area contributed by atoms with E-state index in [1.54, 1.807) is 0 Å². The molecule has 100 valence electrons. The molecule has 2 heteroatoms. The van der Waals surface area contributed by atoms with Gasteiger partial charge in [0.2, 0.25) is 0 Å². The number of rotatable bonds is 5. The summed E-state index contributed by atoms with van der Waals surface area (Å²) in [6.07, 6.45) is 2.56. The molecule has 2 unspecified atom stereocenters. The van der Waals surface area contributed by atoms with Crippen LogP contribution < -0.4 is 5.32 Å². The highest BCUT2D eigenvalue weighted by Crippen LogP contribution is 2.28. The van der Waals surface area contributed by atoms with Crippen molar-refractivity contribution in [3.63, 3.8) is 0 Å². The second-order valence-electron chi connectivity index (χ2n) is 5.49. The number of benzene rings is 1. The summed E-state index contributed by atoms with van der Waals surface area (Å²) in [5.41, 5.74) is 4.28. The van der Waals surface area contributed by atoms with Crippen molar-refractivity contribution in [1.29, 1.82) is 0 Å². The van der Waals surface area contributed by atoms with E-state index >= 15 is 0 Å². The molecule has 1 aliphatic heterocycles. The third-order valence-corrected chi connectivity index (χ3v) is 4.93. The highest BCUT2D eigenvalue weighted by Gasteiger charge is 2.24. The van der Waals surface area contributed by atoms with Crippen molar-refractivity contribution < 1.29 is 0 Å². The fourth-order valence-electron chi connectivity index (χ4n) is 2.98. The van der Waals surface area contributed by atoms with Crippen LogP contribution in [0.3, 0.4) is 0 Å². The second-order valence-corrected chi connectivity index (χ2v) is 6.64. The SMILES string of the molecule is CCNC(Cc1cc(C)cc(C)c1)C1CCSC1. The van der Waals surface area contributed by atoms with E-state index in [4.69, 9.17) is 0 Å². The maximum Gasteiger partial charge on any atom is 0.0144 e. The first-order valence-corrected chi connectivity index (χ1v) is 8.23. The quantitative estimate of drug-likeness (QED) is 0.871. The Labute approximate surface area is 116 Å². The molecule has 1 heterocycles. The Hall–Kier alpha value is -0.470. The Morgan fingerprint density at radius 2 is 2.00 bits per heavy atom. The molecule has 1 aromatic rings. The predicted molar refractivity (Wildman–Crippen MR) is 82.5 cm³/mol. The fraction of sp³-hybridized carbons (Fsp3) is 0.625. The molecular formula is C16H25NS. The van der Waals surface area contributed by atoms with E-state index in [2.05, 4.69) is 56.0 Å². The molecule has 2 rings (SSSR count). The summed E-state index contributed by atoms with van der Waals surface area (Å²) >= 11 is 2.11. The minimum Gasteiger partial charge on any atom is -0.314 e. The molecule has 1 aliphatic rings. The Bertz CT molecular complexity index is 362. The van der Waals surface area contributed by atoms with Gasteiger partial charge in [-0.3, -0.25) is 0 Å². The van der Waals surface area contributed by atoms with Crippen molar-refractivity contribution in [1.82, 2.24) is 5.32 Å². The van der Waals surface area contributed by atoms with Crippen molar-refractivity contribution in [2.75, 3.05) is 18.1 Å². The summed E-state index contributed by atoms with van der Waals surface area (Å²) in [7, 11) is 0. The second kappa shape index (κ2) is 6.63. The molecule has 1 fully saturated rings. The van der Waals surface area contributed by atoms with Crippen molar-refractivity contribution in [3.8, 4) is 0 Å². The van der Waals surface area contributed by atoms with Crippen LogP contribution in [-0.2, 0) is 6.42 Å². The molecule has 0 aromatic heterocycles. The molecule has 0 aliphatic carbocycles. The van der Waals surface area contributed by atoms with E-state index in [-0.39, 0.29) is 0 Å². The van der Waals surface area contributed by atoms with Crippen LogP contribution in [0, 0.1) is 19.8 Å². The van der Waals surface area contributed by atoms with Gasteiger partial charge in [0.1, 0.15) is 0 Å². The zero-order chi connectivity index (χ0) is 13.0. The first-order valence-electron chi connectivity index (χ1n) is 7.07. The van der Waals surface area contributed by atoms with Crippen LogP contribution >= 0.6 is 11.8 Å². The van der Waals surface area contributed by atoms with E-state index in [1.807, 2.05) is 0 Å². The minimum atomic E-state index is 0.659. The van der Waals surface area contributed by atoms with Gasteiger partial charge in [-0.2, -0.15) is 11.8 Å². The van der Waals surface area contributed by atoms with E-state index < -0.39 is 0 Å². The van der Waals surface area contributed by atoms with Crippen LogP contribution in [0.4, 0.5) is 0 Å². The lowest BCUT2D eigenvalue weighted by atomic mass is 9.92. The Morgan fingerprint density at radius 1 is 1.28 bits per heavy atom. The van der Waals surface area contributed by atoms with Crippen molar-refractivity contribution >= 4 is 11.8 Å². The average Bonchev–Trinajstić information content (AvgIpc) is 2.80. The molecule has 0 amide bonds. The topological polar surface area (TPSA) is 12.0 Å². The lowest BCUT2D eigenvalue weighted by Crippen LogP contribution is -2.38. The lowest BCUT2D eigenvalue weighted by Gasteiger charge is -2.24. The van der Waals surface area contributed by atoms with Crippen LogP contribution in [0.25, 0.3) is 0 Å². The molecule has 0 saturated carbocycles. The molecule has 2 atom stereocenters. The largest absolute Gasteiger partial charge is 0.314 e. The molecular weight excluding hydrogens is 238 g/mol. The third kappa shape index (κ3) is 3.76. The number of nitrogens with one attached hydrogen (secondary N) is 1. The number of hydrogen-bond acceptors (Lipinski definition) is 2. The van der Waals surface area contributed by atoms with Gasteiger partial charge >= 0.3 is 0 Å². The molecule has 1 aromatic carbocycles. The molecule has 18 heavy (non-hydrogen) atoms. The van der Waals surface area contributed by atoms with Crippen molar-refractivity contribution in [3.05, 3.63) is 34.9 Å². The smallest absolute Gasteiger partial charge is 0.0144 e. The van der Waals surface area contributed by atoms with E-state index in [1.165, 1.54) is 41.0 Å². The van der Waals surface area contributed by atoms with Gasteiger partial charge in [0.05, 0.1) is 0 Å². The molecule has 1 saturated heterocycles. The lowest BCUT2D eigenvalue weighted by molar-refractivity contribution is 0.387. The summed E-state index contributed by atoms with van der Waals surface area (Å²) in [6, 6.07) is 7.61. The van der Waals surface area contributed by atoms with Gasteiger partial charge in [0.25, 0.3) is 0 Å². The molecule has 0 bridgehead atoms. The molecule has 0 spiro atoms. The first-order chi connectivity index (χ1) is 8.69. The van der Waals surface area contributed by atoms with Gasteiger partial charge in [0.15, 0.2) is 0 Å². The summed E-state index contributed by atoms with van der Waals surface area (Å²) in [5.74, 6) is 3.54.